The fourth-order valence-corrected chi connectivity index (χ4v) is 0.329. The van der Waals surface area contributed by atoms with Crippen LogP contribution in [0.3, 0.4) is 0 Å². The topological polar surface area (TPSA) is 52.6 Å². The molecule has 0 aliphatic carbocycles. The lowest BCUT2D eigenvalue weighted by molar-refractivity contribution is -0.151. The molecule has 10 heavy (non-hydrogen) atoms. The second-order valence-corrected chi connectivity index (χ2v) is 1.75. The van der Waals surface area contributed by atoms with Gasteiger partial charge in [-0.25, -0.2) is 4.79 Å². The van der Waals surface area contributed by atoms with Crippen LogP contribution in [0, 0.1) is 0 Å². The van der Waals surface area contributed by atoms with Crippen molar-refractivity contribution in [3.8, 4) is 0 Å². The van der Waals surface area contributed by atoms with Gasteiger partial charge < -0.3 is 9.47 Å². The zero-order valence-electron chi connectivity index (χ0n) is 5.43. The highest BCUT2D eigenvalue weighted by atomic mass is 35.5. The molecule has 5 heteroatoms. The monoisotopic (exact) mass is 166 g/mol. The van der Waals surface area contributed by atoms with Gasteiger partial charge in [-0.15, -0.1) is 0 Å². The standard InChI is InChI=1S/C5H7ClO4/c1-9-2-3-10-5(8)4(6)7/h2-3H2,1H3. The molecule has 0 atom stereocenters. The van der Waals surface area contributed by atoms with E-state index in [4.69, 9.17) is 11.6 Å². The largest absolute Gasteiger partial charge is 0.457 e. The zero-order valence-corrected chi connectivity index (χ0v) is 6.18. The van der Waals surface area contributed by atoms with Crippen molar-refractivity contribution in [2.75, 3.05) is 20.3 Å². The number of ether oxygens (including phenoxy) is 2. The van der Waals surface area contributed by atoms with E-state index in [0.717, 1.165) is 0 Å². The van der Waals surface area contributed by atoms with E-state index < -0.39 is 11.2 Å². The second kappa shape index (κ2) is 5.20. The number of hydrogen-bond donors (Lipinski definition) is 0. The van der Waals surface area contributed by atoms with E-state index in [1.165, 1.54) is 7.11 Å². The fourth-order valence-electron chi connectivity index (χ4n) is 0.274. The van der Waals surface area contributed by atoms with Gasteiger partial charge in [0.15, 0.2) is 0 Å². The third-order valence-corrected chi connectivity index (χ3v) is 0.835. The van der Waals surface area contributed by atoms with Crippen LogP contribution in [0.25, 0.3) is 0 Å². The smallest absolute Gasteiger partial charge is 0.391 e. The Labute approximate surface area is 63.1 Å². The van der Waals surface area contributed by atoms with Crippen molar-refractivity contribution < 1.29 is 19.1 Å². The van der Waals surface area contributed by atoms with Gasteiger partial charge in [0.25, 0.3) is 0 Å². The molecule has 0 rings (SSSR count). The Kier molecular flexibility index (Phi) is 4.88. The maximum Gasteiger partial charge on any atom is 0.391 e. The van der Waals surface area contributed by atoms with Gasteiger partial charge in [-0.1, -0.05) is 0 Å². The molecule has 0 unspecified atom stereocenters. The number of hydrogen-bond acceptors (Lipinski definition) is 4. The van der Waals surface area contributed by atoms with Crippen LogP contribution in [0.1, 0.15) is 0 Å². The van der Waals surface area contributed by atoms with Gasteiger partial charge in [0.1, 0.15) is 6.61 Å². The summed E-state index contributed by atoms with van der Waals surface area (Å²) in [6.07, 6.45) is 0. The highest BCUT2D eigenvalue weighted by molar-refractivity contribution is 6.80. The molecular weight excluding hydrogens is 160 g/mol. The molecule has 0 aromatic rings. The lowest BCUT2D eigenvalue weighted by atomic mass is 10.7. The minimum atomic E-state index is -1.11. The van der Waals surface area contributed by atoms with Gasteiger partial charge in [0.2, 0.25) is 0 Å². The van der Waals surface area contributed by atoms with Crippen molar-refractivity contribution in [2.24, 2.45) is 0 Å². The minimum absolute atomic E-state index is 0.0494. The SMILES string of the molecule is COCCOC(=O)C(=O)Cl. The van der Waals surface area contributed by atoms with Crippen LogP contribution >= 0.6 is 11.6 Å². The fraction of sp³-hybridized carbons (Fsp3) is 0.600. The highest BCUT2D eigenvalue weighted by Crippen LogP contribution is 1.85. The Morgan fingerprint density at radius 1 is 1.40 bits per heavy atom. The lowest BCUT2D eigenvalue weighted by Crippen LogP contribution is -2.14. The van der Waals surface area contributed by atoms with Gasteiger partial charge in [-0.2, -0.15) is 0 Å². The molecule has 0 aliphatic heterocycles. The number of carbonyl (C=O) groups is 2. The summed E-state index contributed by atoms with van der Waals surface area (Å²) < 4.78 is 8.84. The van der Waals surface area contributed by atoms with Gasteiger partial charge in [-0.05, 0) is 11.6 Å². The normalized spacial score (nSPS) is 9.00. The lowest BCUT2D eigenvalue weighted by Gasteiger charge is -1.98. The number of rotatable bonds is 4. The van der Waals surface area contributed by atoms with E-state index in [-0.39, 0.29) is 13.2 Å². The van der Waals surface area contributed by atoms with Gasteiger partial charge in [0.05, 0.1) is 6.61 Å². The summed E-state index contributed by atoms with van der Waals surface area (Å²) in [5, 5.41) is -1.11. The van der Waals surface area contributed by atoms with Crippen molar-refractivity contribution in [1.29, 1.82) is 0 Å². The van der Waals surface area contributed by atoms with E-state index in [9.17, 15) is 9.59 Å². The first-order valence-electron chi connectivity index (χ1n) is 2.54. The number of esters is 1. The number of halogens is 1. The quantitative estimate of drug-likeness (QED) is 0.254. The Hall–Kier alpha value is -0.610. The minimum Gasteiger partial charge on any atom is -0.457 e. The van der Waals surface area contributed by atoms with Crippen molar-refractivity contribution in [3.63, 3.8) is 0 Å². The van der Waals surface area contributed by atoms with Crippen molar-refractivity contribution in [2.45, 2.75) is 0 Å². The maximum atomic E-state index is 10.3. The molecule has 0 aromatic carbocycles. The van der Waals surface area contributed by atoms with E-state index in [1.807, 2.05) is 0 Å². The van der Waals surface area contributed by atoms with Crippen molar-refractivity contribution in [3.05, 3.63) is 0 Å². The summed E-state index contributed by atoms with van der Waals surface area (Å²) in [5.74, 6) is -1.04. The first-order valence-corrected chi connectivity index (χ1v) is 2.91. The molecule has 58 valence electrons. The van der Waals surface area contributed by atoms with E-state index in [1.54, 1.807) is 0 Å². The first kappa shape index (κ1) is 9.39. The summed E-state index contributed by atoms with van der Waals surface area (Å²) in [6.45, 7) is 0.309. The molecule has 0 spiro atoms. The van der Waals surface area contributed by atoms with Crippen LogP contribution in [0.4, 0.5) is 0 Å². The number of methoxy groups -OCH3 is 1. The van der Waals surface area contributed by atoms with E-state index in [2.05, 4.69) is 9.47 Å². The molecule has 0 amide bonds. The molecule has 0 radical (unpaired) electrons. The van der Waals surface area contributed by atoms with Crippen LogP contribution < -0.4 is 0 Å². The van der Waals surface area contributed by atoms with Crippen LogP contribution in [-0.4, -0.2) is 31.5 Å². The number of carbonyl (C=O) groups excluding carboxylic acids is 2. The van der Waals surface area contributed by atoms with Crippen LogP contribution in [0.5, 0.6) is 0 Å². The third-order valence-electron chi connectivity index (χ3n) is 0.681. The zero-order chi connectivity index (χ0) is 7.98. The van der Waals surface area contributed by atoms with Crippen LogP contribution in [0.2, 0.25) is 0 Å². The average molecular weight is 167 g/mol. The highest BCUT2D eigenvalue weighted by Gasteiger charge is 2.10. The Balaban J connectivity index is 3.31. The van der Waals surface area contributed by atoms with E-state index >= 15 is 0 Å². The van der Waals surface area contributed by atoms with Crippen LogP contribution in [-0.2, 0) is 19.1 Å². The van der Waals surface area contributed by atoms with Crippen molar-refractivity contribution >= 4 is 22.8 Å². The molecule has 0 N–H and O–H groups in total. The molecule has 0 saturated heterocycles. The first-order chi connectivity index (χ1) is 4.68. The molecule has 0 fully saturated rings. The molecule has 0 heterocycles. The predicted octanol–water partition coefficient (Wildman–Crippen LogP) is -0.0586. The summed E-state index contributed by atoms with van der Waals surface area (Å²) >= 11 is 4.75. The average Bonchev–Trinajstić information content (AvgIpc) is 1.88. The Bertz CT molecular complexity index is 134. The van der Waals surface area contributed by atoms with Gasteiger partial charge >= 0.3 is 11.2 Å². The Morgan fingerprint density at radius 2 is 2.00 bits per heavy atom. The molecule has 0 saturated carbocycles. The third kappa shape index (κ3) is 4.29. The Morgan fingerprint density at radius 3 is 2.40 bits per heavy atom. The van der Waals surface area contributed by atoms with Gasteiger partial charge in [-0.3, -0.25) is 4.79 Å². The maximum absolute atomic E-state index is 10.3. The molecule has 0 bridgehead atoms. The molecule has 4 nitrogen and oxygen atoms in total. The molecular formula is C5H7ClO4. The summed E-state index contributed by atoms with van der Waals surface area (Å²) in [6, 6.07) is 0. The van der Waals surface area contributed by atoms with Crippen molar-refractivity contribution in [1.82, 2.24) is 0 Å². The second-order valence-electron chi connectivity index (χ2n) is 1.40. The summed E-state index contributed by atoms with van der Waals surface area (Å²) in [4.78, 5) is 20.2. The van der Waals surface area contributed by atoms with E-state index in [0.29, 0.717) is 0 Å². The predicted molar refractivity (Wildman–Crippen MR) is 33.7 cm³/mol. The summed E-state index contributed by atoms with van der Waals surface area (Å²) in [7, 11) is 1.45. The van der Waals surface area contributed by atoms with Crippen LogP contribution in [0.15, 0.2) is 0 Å². The molecule has 0 aliphatic rings. The molecule has 0 aromatic heterocycles. The summed E-state index contributed by atoms with van der Waals surface area (Å²) in [5.41, 5.74) is 0. The van der Waals surface area contributed by atoms with Gasteiger partial charge in [0, 0.05) is 7.11 Å².